The maximum Gasteiger partial charge on any atom is 0.141 e. The number of hydrogen-bond acceptors (Lipinski definition) is 4. The van der Waals surface area contributed by atoms with Gasteiger partial charge in [0.2, 0.25) is 0 Å². The largest absolute Gasteiger partial charge is 0.298 e. The predicted octanol–water partition coefficient (Wildman–Crippen LogP) is 2.78. The molecule has 6 heteroatoms. The summed E-state index contributed by atoms with van der Waals surface area (Å²) >= 11 is 0. The van der Waals surface area contributed by atoms with Crippen LogP contribution in [0.3, 0.4) is 0 Å². The van der Waals surface area contributed by atoms with Crippen molar-refractivity contribution in [2.24, 2.45) is 5.92 Å². The Morgan fingerprint density at radius 1 is 1.00 bits per heavy atom. The van der Waals surface area contributed by atoms with Crippen LogP contribution in [0.1, 0.15) is 31.7 Å². The third-order valence-corrected chi connectivity index (χ3v) is 4.60. The van der Waals surface area contributed by atoms with E-state index in [4.69, 9.17) is 0 Å². The Bertz CT molecular complexity index is 652. The van der Waals surface area contributed by atoms with Crippen molar-refractivity contribution in [2.45, 2.75) is 39.9 Å². The molecule has 0 N–H and O–H groups in total. The van der Waals surface area contributed by atoms with E-state index >= 15 is 0 Å². The van der Waals surface area contributed by atoms with Crippen LogP contribution >= 0.6 is 0 Å². The van der Waals surface area contributed by atoms with Gasteiger partial charge in [-0.3, -0.25) is 9.80 Å². The smallest absolute Gasteiger partial charge is 0.141 e. The van der Waals surface area contributed by atoms with Gasteiger partial charge < -0.3 is 0 Å². The van der Waals surface area contributed by atoms with Gasteiger partial charge in [-0.2, -0.15) is 5.10 Å². The highest BCUT2D eigenvalue weighted by molar-refractivity contribution is 5.15. The minimum Gasteiger partial charge on any atom is -0.298 e. The molecular formula is C19H28FN5. The van der Waals surface area contributed by atoms with Gasteiger partial charge in [-0.15, -0.1) is 0 Å². The number of aromatic nitrogens is 3. The van der Waals surface area contributed by atoms with E-state index in [2.05, 4.69) is 33.7 Å². The fraction of sp³-hybridized carbons (Fsp3) is 0.579. The zero-order valence-electron chi connectivity index (χ0n) is 15.2. The molecule has 1 aromatic carbocycles. The highest BCUT2D eigenvalue weighted by Gasteiger charge is 2.17. The molecule has 1 saturated heterocycles. The van der Waals surface area contributed by atoms with Crippen LogP contribution in [0.4, 0.5) is 4.39 Å². The van der Waals surface area contributed by atoms with Gasteiger partial charge in [0.05, 0.1) is 6.54 Å². The van der Waals surface area contributed by atoms with Gasteiger partial charge in [-0.25, -0.2) is 14.1 Å². The molecule has 0 spiro atoms. The van der Waals surface area contributed by atoms with Crippen LogP contribution in [0.5, 0.6) is 0 Å². The zero-order valence-corrected chi connectivity index (χ0v) is 15.2. The predicted molar refractivity (Wildman–Crippen MR) is 96.4 cm³/mol. The minimum atomic E-state index is -0.170. The summed E-state index contributed by atoms with van der Waals surface area (Å²) < 4.78 is 15.1. The summed E-state index contributed by atoms with van der Waals surface area (Å²) in [7, 11) is 0. The third-order valence-electron chi connectivity index (χ3n) is 4.60. The molecule has 0 unspecified atom stereocenters. The van der Waals surface area contributed by atoms with Crippen molar-refractivity contribution in [1.82, 2.24) is 24.6 Å². The van der Waals surface area contributed by atoms with E-state index in [-0.39, 0.29) is 5.82 Å². The fourth-order valence-corrected chi connectivity index (χ4v) is 3.30. The normalized spacial score (nSPS) is 17.1. The molecule has 0 saturated carbocycles. The number of benzene rings is 1. The average molecular weight is 345 g/mol. The van der Waals surface area contributed by atoms with Crippen LogP contribution in [-0.2, 0) is 19.6 Å². The lowest BCUT2D eigenvalue weighted by Gasteiger charge is -2.22. The molecule has 1 fully saturated rings. The van der Waals surface area contributed by atoms with Crippen molar-refractivity contribution in [3.63, 3.8) is 0 Å². The van der Waals surface area contributed by atoms with Crippen LogP contribution in [0.2, 0.25) is 0 Å². The van der Waals surface area contributed by atoms with Crippen molar-refractivity contribution in [2.75, 3.05) is 26.2 Å². The summed E-state index contributed by atoms with van der Waals surface area (Å²) in [5.41, 5.74) is 1.17. The Morgan fingerprint density at radius 3 is 2.36 bits per heavy atom. The first-order valence-electron chi connectivity index (χ1n) is 9.16. The van der Waals surface area contributed by atoms with Crippen LogP contribution in [-0.4, -0.2) is 50.7 Å². The van der Waals surface area contributed by atoms with E-state index in [1.165, 1.54) is 5.56 Å². The van der Waals surface area contributed by atoms with Crippen LogP contribution < -0.4 is 0 Å². The van der Waals surface area contributed by atoms with Crippen LogP contribution in [0.25, 0.3) is 0 Å². The molecule has 2 heterocycles. The van der Waals surface area contributed by atoms with Gasteiger partial charge >= 0.3 is 0 Å². The monoisotopic (exact) mass is 345 g/mol. The lowest BCUT2D eigenvalue weighted by atomic mass is 10.2. The topological polar surface area (TPSA) is 37.2 Å². The third kappa shape index (κ3) is 5.34. The van der Waals surface area contributed by atoms with E-state index in [1.54, 1.807) is 18.5 Å². The van der Waals surface area contributed by atoms with E-state index in [0.717, 1.165) is 58.1 Å². The zero-order chi connectivity index (χ0) is 17.6. The molecule has 1 aromatic heterocycles. The summed E-state index contributed by atoms with van der Waals surface area (Å²) in [6.45, 7) is 11.3. The summed E-state index contributed by atoms with van der Waals surface area (Å²) in [5.74, 6) is 1.45. The molecular weight excluding hydrogens is 317 g/mol. The Balaban J connectivity index is 1.53. The molecule has 0 aliphatic carbocycles. The highest BCUT2D eigenvalue weighted by Crippen LogP contribution is 2.12. The molecule has 136 valence electrons. The fourth-order valence-electron chi connectivity index (χ4n) is 3.30. The second-order valence-electron chi connectivity index (χ2n) is 7.28. The van der Waals surface area contributed by atoms with Crippen LogP contribution in [0, 0.1) is 11.7 Å². The van der Waals surface area contributed by atoms with Gasteiger partial charge in [0, 0.05) is 26.2 Å². The van der Waals surface area contributed by atoms with Crippen LogP contribution in [0.15, 0.2) is 30.6 Å². The molecule has 5 nitrogen and oxygen atoms in total. The van der Waals surface area contributed by atoms with Gasteiger partial charge in [0.15, 0.2) is 0 Å². The first kappa shape index (κ1) is 18.0. The van der Waals surface area contributed by atoms with Gasteiger partial charge in [0.1, 0.15) is 18.0 Å². The molecule has 3 rings (SSSR count). The molecule has 0 radical (unpaired) electrons. The van der Waals surface area contributed by atoms with Gasteiger partial charge in [-0.1, -0.05) is 26.0 Å². The maximum atomic E-state index is 13.0. The Hall–Kier alpha value is -1.79. The Labute approximate surface area is 149 Å². The summed E-state index contributed by atoms with van der Waals surface area (Å²) in [6, 6.07) is 6.85. The lowest BCUT2D eigenvalue weighted by Crippen LogP contribution is -2.31. The van der Waals surface area contributed by atoms with Crippen molar-refractivity contribution >= 4 is 0 Å². The minimum absolute atomic E-state index is 0.170. The highest BCUT2D eigenvalue weighted by atomic mass is 19.1. The standard InChI is InChI=1S/C19H28FN5/c1-16(2)12-25-19(21-15-22-25)14-24-9-3-8-23(10-11-24)13-17-4-6-18(20)7-5-17/h4-7,15-16H,3,8-14H2,1-2H3. The van der Waals surface area contributed by atoms with Crippen molar-refractivity contribution in [1.29, 1.82) is 0 Å². The number of hydrogen-bond donors (Lipinski definition) is 0. The Morgan fingerprint density at radius 2 is 1.68 bits per heavy atom. The number of rotatable bonds is 6. The van der Waals surface area contributed by atoms with Gasteiger partial charge in [0.25, 0.3) is 0 Å². The molecule has 0 bridgehead atoms. The lowest BCUT2D eigenvalue weighted by molar-refractivity contribution is 0.239. The first-order chi connectivity index (χ1) is 12.1. The second kappa shape index (κ2) is 8.54. The average Bonchev–Trinajstić information content (AvgIpc) is 2.87. The number of nitrogens with zero attached hydrogens (tertiary/aromatic N) is 5. The molecule has 25 heavy (non-hydrogen) atoms. The Kier molecular flexibility index (Phi) is 6.15. The van der Waals surface area contributed by atoms with E-state index in [1.807, 2.05) is 16.8 Å². The molecule has 2 aromatic rings. The van der Waals surface area contributed by atoms with Crippen molar-refractivity contribution in [3.8, 4) is 0 Å². The maximum absolute atomic E-state index is 13.0. The number of halogens is 1. The molecule has 0 amide bonds. The SMILES string of the molecule is CC(C)Cn1ncnc1CN1CCCN(Cc2ccc(F)cc2)CC1. The van der Waals surface area contributed by atoms with E-state index < -0.39 is 0 Å². The van der Waals surface area contributed by atoms with Crippen molar-refractivity contribution < 1.29 is 4.39 Å². The van der Waals surface area contributed by atoms with Crippen molar-refractivity contribution in [3.05, 3.63) is 47.8 Å². The first-order valence-corrected chi connectivity index (χ1v) is 9.16. The summed E-state index contributed by atoms with van der Waals surface area (Å²) in [5, 5.41) is 4.36. The van der Waals surface area contributed by atoms with Gasteiger partial charge in [-0.05, 0) is 43.1 Å². The summed E-state index contributed by atoms with van der Waals surface area (Å²) in [6.07, 6.45) is 2.80. The quantitative estimate of drug-likeness (QED) is 0.807. The summed E-state index contributed by atoms with van der Waals surface area (Å²) in [4.78, 5) is 9.36. The van der Waals surface area contributed by atoms with E-state index in [9.17, 15) is 4.39 Å². The van der Waals surface area contributed by atoms with E-state index in [0.29, 0.717) is 5.92 Å². The molecule has 1 aliphatic rings. The molecule has 0 atom stereocenters. The molecule has 1 aliphatic heterocycles. The second-order valence-corrected chi connectivity index (χ2v) is 7.28.